The fourth-order valence-corrected chi connectivity index (χ4v) is 4.86. The molecule has 2 aromatic carbocycles. The summed E-state index contributed by atoms with van der Waals surface area (Å²) >= 11 is 1.27. The Morgan fingerprint density at radius 2 is 1.97 bits per heavy atom. The van der Waals surface area contributed by atoms with Crippen LogP contribution in [0.15, 0.2) is 52.4 Å². The zero-order valence-corrected chi connectivity index (χ0v) is 17.8. The number of aromatic nitrogens is 2. The molecule has 7 heteroatoms. The quantitative estimate of drug-likeness (QED) is 0.502. The van der Waals surface area contributed by atoms with Crippen LogP contribution in [0.2, 0.25) is 0 Å². The predicted molar refractivity (Wildman–Crippen MR) is 116 cm³/mol. The van der Waals surface area contributed by atoms with Crippen LogP contribution >= 0.6 is 11.8 Å². The maximum absolute atomic E-state index is 13.9. The molecule has 0 fully saturated rings. The summed E-state index contributed by atoms with van der Waals surface area (Å²) in [5.41, 5.74) is 3.81. The Labute approximate surface area is 178 Å². The third-order valence-corrected chi connectivity index (χ3v) is 6.49. The number of fused-ring (bicyclic) bond motifs is 1. The minimum Gasteiger partial charge on any atom is -0.312 e. The number of nitrogens with one attached hydrogen (secondary N) is 1. The Balaban J connectivity index is 1.75. The molecular weight excluding hydrogens is 401 g/mol. The lowest BCUT2D eigenvalue weighted by Crippen LogP contribution is -2.33. The zero-order valence-electron chi connectivity index (χ0n) is 17.0. The molecule has 4 rings (SSSR count). The summed E-state index contributed by atoms with van der Waals surface area (Å²) < 4.78 is 15.7. The SMILES string of the molecule is Cc1ccc(C2CC(=O)Nc3c2c(=O)nc(SCc2ccccc2F)n3C)c(C)c1. The Morgan fingerprint density at radius 1 is 1.20 bits per heavy atom. The molecule has 0 spiro atoms. The average Bonchev–Trinajstić information content (AvgIpc) is 2.70. The van der Waals surface area contributed by atoms with Gasteiger partial charge in [0.05, 0.1) is 5.56 Å². The van der Waals surface area contributed by atoms with E-state index in [1.165, 1.54) is 17.8 Å². The maximum Gasteiger partial charge on any atom is 0.279 e. The number of carbonyl (C=O) groups is 1. The second-order valence-electron chi connectivity index (χ2n) is 7.57. The number of halogens is 1. The normalized spacial score (nSPS) is 15.6. The molecule has 0 aliphatic carbocycles. The number of nitrogens with zero attached hydrogens (tertiary/aromatic N) is 2. The van der Waals surface area contributed by atoms with Crippen LogP contribution in [0.1, 0.15) is 40.2 Å². The van der Waals surface area contributed by atoms with Crippen LogP contribution in [0, 0.1) is 19.7 Å². The molecule has 0 bridgehead atoms. The number of carbonyl (C=O) groups excluding carboxylic acids is 1. The highest BCUT2D eigenvalue weighted by Crippen LogP contribution is 2.37. The molecule has 30 heavy (non-hydrogen) atoms. The van der Waals surface area contributed by atoms with E-state index in [4.69, 9.17) is 0 Å². The van der Waals surface area contributed by atoms with Gasteiger partial charge in [-0.3, -0.25) is 9.59 Å². The van der Waals surface area contributed by atoms with E-state index in [0.29, 0.717) is 27.9 Å². The van der Waals surface area contributed by atoms with E-state index in [2.05, 4.69) is 16.4 Å². The lowest BCUT2D eigenvalue weighted by molar-refractivity contribution is -0.116. The topological polar surface area (TPSA) is 64.0 Å². The monoisotopic (exact) mass is 423 g/mol. The molecule has 0 saturated heterocycles. The number of aryl methyl sites for hydroxylation is 2. The second-order valence-corrected chi connectivity index (χ2v) is 8.51. The van der Waals surface area contributed by atoms with Crippen LogP contribution in [0.3, 0.4) is 0 Å². The van der Waals surface area contributed by atoms with Gasteiger partial charge in [0, 0.05) is 25.1 Å². The van der Waals surface area contributed by atoms with Crippen molar-refractivity contribution in [2.45, 2.75) is 37.1 Å². The molecule has 1 aliphatic rings. The Hall–Kier alpha value is -2.93. The largest absolute Gasteiger partial charge is 0.312 e. The Kier molecular flexibility index (Phi) is 5.47. The van der Waals surface area contributed by atoms with E-state index in [9.17, 15) is 14.0 Å². The van der Waals surface area contributed by atoms with Crippen LogP contribution in [0.4, 0.5) is 10.2 Å². The van der Waals surface area contributed by atoms with Gasteiger partial charge < -0.3 is 9.88 Å². The summed E-state index contributed by atoms with van der Waals surface area (Å²) in [6, 6.07) is 12.5. The number of hydrogen-bond acceptors (Lipinski definition) is 4. The van der Waals surface area contributed by atoms with E-state index in [-0.39, 0.29) is 29.6 Å². The van der Waals surface area contributed by atoms with Gasteiger partial charge >= 0.3 is 0 Å². The highest BCUT2D eigenvalue weighted by atomic mass is 32.2. The molecule has 1 amide bonds. The van der Waals surface area contributed by atoms with Crippen molar-refractivity contribution in [3.63, 3.8) is 0 Å². The molecule has 154 valence electrons. The van der Waals surface area contributed by atoms with Crippen molar-refractivity contribution in [2.75, 3.05) is 5.32 Å². The summed E-state index contributed by atoms with van der Waals surface area (Å²) in [5, 5.41) is 3.28. The highest BCUT2D eigenvalue weighted by molar-refractivity contribution is 7.98. The molecule has 0 radical (unpaired) electrons. The van der Waals surface area contributed by atoms with E-state index in [1.54, 1.807) is 29.8 Å². The van der Waals surface area contributed by atoms with Crippen LogP contribution < -0.4 is 10.9 Å². The first-order valence-corrected chi connectivity index (χ1v) is 10.7. The predicted octanol–water partition coefficient (Wildman–Crippen LogP) is 4.30. The first-order valence-electron chi connectivity index (χ1n) is 9.69. The van der Waals surface area contributed by atoms with Crippen molar-refractivity contribution in [1.29, 1.82) is 0 Å². The van der Waals surface area contributed by atoms with Gasteiger partial charge in [-0.25, -0.2) is 4.39 Å². The van der Waals surface area contributed by atoms with Gasteiger partial charge in [0.25, 0.3) is 5.56 Å². The van der Waals surface area contributed by atoms with Gasteiger partial charge in [-0.05, 0) is 36.6 Å². The molecule has 1 N–H and O–H groups in total. The van der Waals surface area contributed by atoms with Crippen molar-refractivity contribution in [3.8, 4) is 0 Å². The molecule has 3 aromatic rings. The fourth-order valence-electron chi connectivity index (χ4n) is 3.90. The second kappa shape index (κ2) is 8.07. The van der Waals surface area contributed by atoms with Gasteiger partial charge in [-0.2, -0.15) is 4.98 Å². The minimum absolute atomic E-state index is 0.140. The number of hydrogen-bond donors (Lipinski definition) is 1. The van der Waals surface area contributed by atoms with E-state index in [1.807, 2.05) is 26.0 Å². The zero-order chi connectivity index (χ0) is 21.4. The van der Waals surface area contributed by atoms with Crippen molar-refractivity contribution in [1.82, 2.24) is 9.55 Å². The van der Waals surface area contributed by atoms with Crippen LogP contribution in [0.25, 0.3) is 0 Å². The van der Waals surface area contributed by atoms with Gasteiger partial charge in [-0.15, -0.1) is 0 Å². The summed E-state index contributed by atoms with van der Waals surface area (Å²) in [7, 11) is 1.76. The summed E-state index contributed by atoms with van der Waals surface area (Å²) in [4.78, 5) is 29.8. The van der Waals surface area contributed by atoms with Gasteiger partial charge in [0.1, 0.15) is 11.6 Å². The molecule has 1 aliphatic heterocycles. The van der Waals surface area contributed by atoms with Crippen molar-refractivity contribution < 1.29 is 9.18 Å². The third-order valence-electron chi connectivity index (χ3n) is 5.42. The summed E-state index contributed by atoms with van der Waals surface area (Å²) in [6.07, 6.45) is 0.204. The van der Waals surface area contributed by atoms with Gasteiger partial charge in [0.15, 0.2) is 5.16 Å². The lowest BCUT2D eigenvalue weighted by atomic mass is 9.84. The van der Waals surface area contributed by atoms with Crippen LogP contribution in [-0.2, 0) is 17.6 Å². The van der Waals surface area contributed by atoms with Crippen LogP contribution in [0.5, 0.6) is 0 Å². The Morgan fingerprint density at radius 3 is 2.70 bits per heavy atom. The number of benzene rings is 2. The minimum atomic E-state index is -0.357. The molecular formula is C23H22FN3O2S. The highest BCUT2D eigenvalue weighted by Gasteiger charge is 2.32. The smallest absolute Gasteiger partial charge is 0.279 e. The first kappa shape index (κ1) is 20.3. The van der Waals surface area contributed by atoms with E-state index >= 15 is 0 Å². The lowest BCUT2D eigenvalue weighted by Gasteiger charge is -2.28. The standard InChI is InChI=1S/C23H22FN3O2S/c1-13-8-9-16(14(2)10-13)17-11-19(28)25-21-20(17)22(29)26-23(27(21)3)30-12-15-6-4-5-7-18(15)24/h4-10,17H,11-12H2,1-3H3,(H,25,28). The summed E-state index contributed by atoms with van der Waals surface area (Å²) in [6.45, 7) is 4.00. The Bertz CT molecular complexity index is 1210. The van der Waals surface area contributed by atoms with Crippen LogP contribution in [-0.4, -0.2) is 15.5 Å². The molecule has 0 saturated carbocycles. The number of rotatable bonds is 4. The van der Waals surface area contributed by atoms with E-state index in [0.717, 1.165) is 16.7 Å². The first-order chi connectivity index (χ1) is 14.3. The van der Waals surface area contributed by atoms with Crippen molar-refractivity contribution in [2.24, 2.45) is 7.05 Å². The number of thioether (sulfide) groups is 1. The third kappa shape index (κ3) is 3.77. The molecule has 1 atom stereocenters. The van der Waals surface area contributed by atoms with Gasteiger partial charge in [0.2, 0.25) is 5.91 Å². The molecule has 1 aromatic heterocycles. The maximum atomic E-state index is 13.9. The van der Waals surface area contributed by atoms with Gasteiger partial charge in [-0.1, -0.05) is 53.7 Å². The van der Waals surface area contributed by atoms with Crippen molar-refractivity contribution >= 4 is 23.5 Å². The number of amides is 1. The molecule has 2 heterocycles. The number of anilines is 1. The fraction of sp³-hybridized carbons (Fsp3) is 0.261. The van der Waals surface area contributed by atoms with E-state index < -0.39 is 0 Å². The molecule has 1 unspecified atom stereocenters. The summed E-state index contributed by atoms with van der Waals surface area (Å²) in [5.74, 6) is 0.0218. The molecule has 5 nitrogen and oxygen atoms in total. The average molecular weight is 424 g/mol. The van der Waals surface area contributed by atoms with Crippen molar-refractivity contribution in [3.05, 3.63) is 86.5 Å².